The van der Waals surface area contributed by atoms with E-state index in [9.17, 15) is 4.79 Å². The summed E-state index contributed by atoms with van der Waals surface area (Å²) in [6.45, 7) is 23.2. The van der Waals surface area contributed by atoms with Crippen molar-refractivity contribution in [2.45, 2.75) is 102 Å². The van der Waals surface area contributed by atoms with Gasteiger partial charge in [0.2, 0.25) is 0 Å². The number of fused-ring (bicyclic) bond motifs is 1. The number of rotatable bonds is 7. The summed E-state index contributed by atoms with van der Waals surface area (Å²) in [6.07, 6.45) is 3.59. The van der Waals surface area contributed by atoms with Crippen molar-refractivity contribution in [3.05, 3.63) is 48.0 Å². The lowest BCUT2D eigenvalue weighted by Crippen LogP contribution is -2.55. The summed E-state index contributed by atoms with van der Waals surface area (Å²) in [7, 11) is -4.13. The van der Waals surface area contributed by atoms with Crippen LogP contribution in [0.3, 0.4) is 0 Å². The monoisotopic (exact) mass is 489 g/mol. The van der Waals surface area contributed by atoms with Crippen LogP contribution in [0.2, 0.25) is 36.3 Å². The number of hydrogen-bond acceptors (Lipinski definition) is 5. The van der Waals surface area contributed by atoms with E-state index in [1.54, 1.807) is 0 Å². The van der Waals surface area contributed by atoms with E-state index in [1.165, 1.54) is 0 Å². The molecule has 184 valence electrons. The number of benzene rings is 1. The fourth-order valence-corrected chi connectivity index (χ4v) is 6.04. The van der Waals surface area contributed by atoms with Crippen molar-refractivity contribution in [2.75, 3.05) is 6.54 Å². The van der Waals surface area contributed by atoms with Gasteiger partial charge in [-0.25, -0.2) is 4.79 Å². The highest BCUT2D eigenvalue weighted by Crippen LogP contribution is 2.49. The molecule has 0 bridgehead atoms. The minimum Gasteiger partial charge on any atom is -0.459 e. The maximum Gasteiger partial charge on any atom is 0.331 e. The van der Waals surface area contributed by atoms with Gasteiger partial charge in [-0.2, -0.15) is 0 Å². The molecule has 7 heteroatoms. The van der Waals surface area contributed by atoms with Crippen LogP contribution < -0.4 is 0 Å². The topological polar surface area (TPSA) is 47.8 Å². The third-order valence-electron chi connectivity index (χ3n) is 8.06. The quantitative estimate of drug-likeness (QED) is 0.201. The summed E-state index contributed by atoms with van der Waals surface area (Å²) in [4.78, 5) is 15.7. The van der Waals surface area contributed by atoms with Crippen LogP contribution in [0, 0.1) is 0 Å². The van der Waals surface area contributed by atoms with Gasteiger partial charge in [0.15, 0.2) is 22.2 Å². The van der Waals surface area contributed by atoms with Gasteiger partial charge in [-0.05, 0) is 47.9 Å². The summed E-state index contributed by atoms with van der Waals surface area (Å²) < 4.78 is 19.4. The van der Waals surface area contributed by atoms with Crippen molar-refractivity contribution in [1.82, 2.24) is 4.90 Å². The van der Waals surface area contributed by atoms with Crippen molar-refractivity contribution in [3.8, 4) is 0 Å². The Labute approximate surface area is 202 Å². The zero-order valence-electron chi connectivity index (χ0n) is 22.2. The van der Waals surface area contributed by atoms with Gasteiger partial charge in [-0.1, -0.05) is 78.0 Å². The summed E-state index contributed by atoms with van der Waals surface area (Å²) >= 11 is 0. The Bertz CT molecular complexity index is 886. The number of carbonyl (C=O) groups excluding carboxylic acids is 1. The molecular weight excluding hydrogens is 446 g/mol. The zero-order valence-corrected chi connectivity index (χ0v) is 24.2. The van der Waals surface area contributed by atoms with Crippen molar-refractivity contribution in [1.29, 1.82) is 0 Å². The Morgan fingerprint density at radius 3 is 2.03 bits per heavy atom. The molecule has 4 atom stereocenters. The van der Waals surface area contributed by atoms with E-state index in [2.05, 4.69) is 84.8 Å². The third-order valence-corrected chi connectivity index (χ3v) is 17.0. The molecule has 2 aliphatic heterocycles. The first-order valence-electron chi connectivity index (χ1n) is 12.0. The summed E-state index contributed by atoms with van der Waals surface area (Å²) in [6, 6.07) is 9.83. The fraction of sp³-hybridized carbons (Fsp3) is 0.654. The average Bonchev–Trinajstić information content (AvgIpc) is 3.45. The highest BCUT2D eigenvalue weighted by Gasteiger charge is 2.69. The zero-order chi connectivity index (χ0) is 24.9. The number of ether oxygens (including phenoxy) is 1. The molecule has 1 unspecified atom stereocenters. The molecule has 0 aromatic heterocycles. The Hall–Kier alpha value is -1.26. The minimum atomic E-state index is -2.10. The van der Waals surface area contributed by atoms with Gasteiger partial charge in [-0.3, -0.25) is 4.90 Å². The Morgan fingerprint density at radius 2 is 1.48 bits per heavy atom. The lowest BCUT2D eigenvalue weighted by molar-refractivity contribution is -0.153. The van der Waals surface area contributed by atoms with Crippen molar-refractivity contribution in [3.63, 3.8) is 0 Å². The molecule has 0 amide bonds. The lowest BCUT2D eigenvalue weighted by atomic mass is 10.00. The SMILES string of the molecule is CC(C)(C)[Si](C)(C)O[C@H]1C=C[C@H](O[Si](C)(C)C(C)(C)C)[C@]2(C(=O)OCc3ccccc3)CN12. The molecule has 3 rings (SSSR count). The van der Waals surface area contributed by atoms with Crippen LogP contribution in [0.15, 0.2) is 42.5 Å². The molecule has 2 heterocycles. The van der Waals surface area contributed by atoms with Crippen LogP contribution in [-0.4, -0.2) is 51.9 Å². The Morgan fingerprint density at radius 1 is 0.939 bits per heavy atom. The van der Waals surface area contributed by atoms with Gasteiger partial charge in [0, 0.05) is 6.54 Å². The molecule has 1 saturated heterocycles. The first-order chi connectivity index (χ1) is 15.0. The second-order valence-corrected chi connectivity index (χ2v) is 22.1. The van der Waals surface area contributed by atoms with E-state index in [1.807, 2.05) is 30.3 Å². The summed E-state index contributed by atoms with van der Waals surface area (Å²) in [5, 5.41) is 0.131. The van der Waals surface area contributed by atoms with Crippen LogP contribution >= 0.6 is 0 Å². The van der Waals surface area contributed by atoms with Crippen LogP contribution in [0.1, 0.15) is 47.1 Å². The second kappa shape index (κ2) is 8.75. The van der Waals surface area contributed by atoms with Crippen molar-refractivity contribution >= 4 is 22.6 Å². The fourth-order valence-electron chi connectivity index (χ4n) is 3.61. The molecule has 0 spiro atoms. The van der Waals surface area contributed by atoms with Crippen LogP contribution in [0.25, 0.3) is 0 Å². The highest BCUT2D eigenvalue weighted by atomic mass is 28.4. The van der Waals surface area contributed by atoms with E-state index < -0.39 is 22.2 Å². The normalized spacial score (nSPS) is 27.8. The highest BCUT2D eigenvalue weighted by molar-refractivity contribution is 6.74. The maximum atomic E-state index is 13.6. The molecule has 1 aromatic carbocycles. The number of esters is 1. The summed E-state index contributed by atoms with van der Waals surface area (Å²) in [5.41, 5.74) is 0.170. The number of carbonyl (C=O) groups is 1. The van der Waals surface area contributed by atoms with Crippen molar-refractivity contribution < 1.29 is 18.4 Å². The van der Waals surface area contributed by atoms with Gasteiger partial charge in [0.05, 0.1) is 6.10 Å². The van der Waals surface area contributed by atoms with E-state index in [0.717, 1.165) is 5.56 Å². The van der Waals surface area contributed by atoms with Gasteiger partial charge < -0.3 is 13.6 Å². The predicted molar refractivity (Wildman–Crippen MR) is 139 cm³/mol. The molecule has 0 saturated carbocycles. The van der Waals surface area contributed by atoms with Crippen LogP contribution in [-0.2, 0) is 25.0 Å². The van der Waals surface area contributed by atoms with E-state index in [0.29, 0.717) is 6.54 Å². The smallest absolute Gasteiger partial charge is 0.331 e. The molecule has 0 N–H and O–H groups in total. The molecule has 1 aromatic rings. The van der Waals surface area contributed by atoms with Crippen LogP contribution in [0.5, 0.6) is 0 Å². The van der Waals surface area contributed by atoms with E-state index >= 15 is 0 Å². The first-order valence-corrected chi connectivity index (χ1v) is 17.8. The average molecular weight is 490 g/mol. The van der Waals surface area contributed by atoms with E-state index in [-0.39, 0.29) is 35.0 Å². The molecule has 2 aliphatic rings. The van der Waals surface area contributed by atoms with Gasteiger partial charge in [0.25, 0.3) is 0 Å². The number of hydrogen-bond donors (Lipinski definition) is 0. The predicted octanol–water partition coefficient (Wildman–Crippen LogP) is 6.09. The molecule has 5 nitrogen and oxygen atoms in total. The largest absolute Gasteiger partial charge is 0.459 e. The molecular formula is C26H43NO4Si2. The Balaban J connectivity index is 1.86. The van der Waals surface area contributed by atoms with E-state index in [4.69, 9.17) is 13.6 Å². The van der Waals surface area contributed by atoms with Crippen molar-refractivity contribution in [2.24, 2.45) is 0 Å². The van der Waals surface area contributed by atoms with Gasteiger partial charge >= 0.3 is 5.97 Å². The first kappa shape index (κ1) is 26.4. The standard InChI is InChI=1S/C26H43NO4Si2/c1-24(2,3)32(7,8)30-21-16-17-22(31-33(9,10)25(4,5)6)27-19-26(21,27)23(28)29-18-20-14-12-11-13-15-20/h11-17,21-22H,18-19H2,1-10H3/t21-,22-,26-,27?/m0/s1. The lowest BCUT2D eigenvalue weighted by Gasteiger charge is -2.43. The maximum absolute atomic E-state index is 13.6. The Kier molecular flexibility index (Phi) is 6.99. The summed E-state index contributed by atoms with van der Waals surface area (Å²) in [5.74, 6) is -0.219. The molecule has 1 fully saturated rings. The van der Waals surface area contributed by atoms with Gasteiger partial charge in [0.1, 0.15) is 12.8 Å². The minimum absolute atomic E-state index is 0.0458. The molecule has 0 aliphatic carbocycles. The molecule has 33 heavy (non-hydrogen) atoms. The molecule has 0 radical (unpaired) electrons. The second-order valence-electron chi connectivity index (χ2n) is 12.6. The van der Waals surface area contributed by atoms with Crippen LogP contribution in [0.4, 0.5) is 0 Å². The number of nitrogens with zero attached hydrogens (tertiary/aromatic N) is 1. The van der Waals surface area contributed by atoms with Gasteiger partial charge in [-0.15, -0.1) is 0 Å². The third kappa shape index (κ3) is 5.22.